The molecule has 0 saturated heterocycles. The molecule has 142 valence electrons. The summed E-state index contributed by atoms with van der Waals surface area (Å²) in [6, 6.07) is 7.39. The summed E-state index contributed by atoms with van der Waals surface area (Å²) in [5.74, 6) is 1.44. The fourth-order valence-corrected chi connectivity index (χ4v) is 2.36. The Morgan fingerprint density at radius 1 is 1.16 bits per heavy atom. The monoisotopic (exact) mass is 351 g/mol. The molecule has 0 aliphatic rings. The van der Waals surface area contributed by atoms with Crippen molar-refractivity contribution in [1.29, 1.82) is 0 Å². The molecule has 0 amide bonds. The minimum absolute atomic E-state index is 0.0121. The zero-order valence-corrected chi connectivity index (χ0v) is 16.3. The molecule has 0 radical (unpaired) electrons. The smallest absolute Gasteiger partial charge is 0.191 e. The molecular weight excluding hydrogens is 318 g/mol. The Balaban J connectivity index is 2.65. The lowest BCUT2D eigenvalue weighted by Gasteiger charge is -2.28. The van der Waals surface area contributed by atoms with Gasteiger partial charge in [0, 0.05) is 20.2 Å². The number of methoxy groups -OCH3 is 2. The maximum atomic E-state index is 10.3. The van der Waals surface area contributed by atoms with Crippen molar-refractivity contribution in [1.82, 2.24) is 10.6 Å². The Hall–Kier alpha value is -1.79. The van der Waals surface area contributed by atoms with E-state index in [0.717, 1.165) is 17.9 Å². The maximum Gasteiger partial charge on any atom is 0.191 e. The summed E-state index contributed by atoms with van der Waals surface area (Å²) in [4.78, 5) is 4.58. The van der Waals surface area contributed by atoms with Crippen LogP contribution in [0.25, 0.3) is 0 Å². The second-order valence-corrected chi connectivity index (χ2v) is 6.98. The van der Waals surface area contributed by atoms with Gasteiger partial charge in [0.2, 0.25) is 0 Å². The summed E-state index contributed by atoms with van der Waals surface area (Å²) in [6.07, 6.45) is -0.606. The summed E-state index contributed by atoms with van der Waals surface area (Å²) in [5.41, 5.74) is 0.840. The Labute approximate surface area is 151 Å². The Bertz CT molecular complexity index is 524. The van der Waals surface area contributed by atoms with Gasteiger partial charge >= 0.3 is 0 Å². The third-order valence-electron chi connectivity index (χ3n) is 3.97. The molecule has 0 fully saturated rings. The standard InChI is InChI=1S/C19H33N3O3/c1-7-20-18(22-13-17(25-6)19(2,3)4)21-12-16(23)14-8-10-15(24-5)11-9-14/h8-11,16-17,23H,7,12-13H2,1-6H3,(H2,20,21,22). The van der Waals surface area contributed by atoms with E-state index in [1.807, 2.05) is 31.2 Å². The Kier molecular flexibility index (Phi) is 8.72. The van der Waals surface area contributed by atoms with Crippen LogP contribution in [0.2, 0.25) is 0 Å². The molecule has 2 atom stereocenters. The lowest BCUT2D eigenvalue weighted by Crippen LogP contribution is -2.41. The molecule has 1 rings (SSSR count). The molecule has 1 aromatic rings. The normalized spacial score (nSPS) is 14.8. The Morgan fingerprint density at radius 3 is 2.28 bits per heavy atom. The zero-order valence-electron chi connectivity index (χ0n) is 16.3. The van der Waals surface area contributed by atoms with Crippen molar-refractivity contribution in [2.24, 2.45) is 10.4 Å². The molecule has 0 spiro atoms. The summed E-state index contributed by atoms with van der Waals surface area (Å²) in [6.45, 7) is 10.1. The van der Waals surface area contributed by atoms with E-state index in [0.29, 0.717) is 19.0 Å². The first-order chi connectivity index (χ1) is 11.8. The van der Waals surface area contributed by atoms with Crippen molar-refractivity contribution in [3.05, 3.63) is 29.8 Å². The zero-order chi connectivity index (χ0) is 18.9. The van der Waals surface area contributed by atoms with Crippen molar-refractivity contribution >= 4 is 5.96 Å². The highest BCUT2D eigenvalue weighted by Crippen LogP contribution is 2.22. The van der Waals surface area contributed by atoms with E-state index >= 15 is 0 Å². The number of ether oxygens (including phenoxy) is 2. The highest BCUT2D eigenvalue weighted by atomic mass is 16.5. The number of nitrogens with one attached hydrogen (secondary N) is 2. The summed E-state index contributed by atoms with van der Waals surface area (Å²) in [5, 5.41) is 16.7. The van der Waals surface area contributed by atoms with Gasteiger partial charge in [0.25, 0.3) is 0 Å². The number of aliphatic hydroxyl groups excluding tert-OH is 1. The highest BCUT2D eigenvalue weighted by molar-refractivity contribution is 5.79. The molecule has 2 unspecified atom stereocenters. The van der Waals surface area contributed by atoms with Gasteiger partial charge in [-0.05, 0) is 30.0 Å². The van der Waals surface area contributed by atoms with Gasteiger partial charge in [0.15, 0.2) is 5.96 Å². The SMILES string of the molecule is CCNC(=NCC(OC)C(C)(C)C)NCC(O)c1ccc(OC)cc1. The second kappa shape index (κ2) is 10.3. The topological polar surface area (TPSA) is 75.1 Å². The van der Waals surface area contributed by atoms with Crippen LogP contribution in [0.5, 0.6) is 5.75 Å². The average molecular weight is 351 g/mol. The quantitative estimate of drug-likeness (QED) is 0.495. The van der Waals surface area contributed by atoms with E-state index < -0.39 is 6.10 Å². The van der Waals surface area contributed by atoms with Crippen molar-refractivity contribution in [2.75, 3.05) is 33.9 Å². The van der Waals surface area contributed by atoms with Crippen molar-refractivity contribution in [2.45, 2.75) is 39.9 Å². The minimum Gasteiger partial charge on any atom is -0.497 e. The van der Waals surface area contributed by atoms with E-state index in [1.165, 1.54) is 0 Å². The van der Waals surface area contributed by atoms with Gasteiger partial charge in [0.05, 0.1) is 25.9 Å². The number of aliphatic imine (C=N–C) groups is 1. The van der Waals surface area contributed by atoms with Gasteiger partial charge in [-0.2, -0.15) is 0 Å². The van der Waals surface area contributed by atoms with E-state index in [2.05, 4.69) is 36.4 Å². The van der Waals surface area contributed by atoms with Crippen LogP contribution < -0.4 is 15.4 Å². The predicted octanol–water partition coefficient (Wildman–Crippen LogP) is 2.34. The number of aliphatic hydroxyl groups is 1. The van der Waals surface area contributed by atoms with Gasteiger partial charge in [-0.15, -0.1) is 0 Å². The molecule has 0 aromatic heterocycles. The molecule has 0 heterocycles. The van der Waals surface area contributed by atoms with Crippen LogP contribution in [0.15, 0.2) is 29.3 Å². The van der Waals surface area contributed by atoms with Crippen molar-refractivity contribution < 1.29 is 14.6 Å². The summed E-state index contributed by atoms with van der Waals surface area (Å²) >= 11 is 0. The third kappa shape index (κ3) is 7.32. The highest BCUT2D eigenvalue weighted by Gasteiger charge is 2.24. The van der Waals surface area contributed by atoms with Gasteiger partial charge in [-0.1, -0.05) is 32.9 Å². The first kappa shape index (κ1) is 21.3. The number of hydrogen-bond acceptors (Lipinski definition) is 4. The Morgan fingerprint density at radius 2 is 1.80 bits per heavy atom. The third-order valence-corrected chi connectivity index (χ3v) is 3.97. The van der Waals surface area contributed by atoms with Gasteiger partial charge in [0.1, 0.15) is 5.75 Å². The molecule has 6 heteroatoms. The number of guanidine groups is 1. The van der Waals surface area contributed by atoms with Crippen LogP contribution >= 0.6 is 0 Å². The van der Waals surface area contributed by atoms with Crippen LogP contribution in [-0.2, 0) is 4.74 Å². The number of benzene rings is 1. The molecule has 3 N–H and O–H groups in total. The largest absolute Gasteiger partial charge is 0.497 e. The molecule has 0 bridgehead atoms. The molecule has 6 nitrogen and oxygen atoms in total. The molecular formula is C19H33N3O3. The fourth-order valence-electron chi connectivity index (χ4n) is 2.36. The van der Waals surface area contributed by atoms with Gasteiger partial charge < -0.3 is 25.2 Å². The summed E-state index contributed by atoms with van der Waals surface area (Å²) < 4.78 is 10.7. The van der Waals surface area contributed by atoms with Crippen LogP contribution in [0.4, 0.5) is 0 Å². The van der Waals surface area contributed by atoms with Crippen LogP contribution in [0.1, 0.15) is 39.4 Å². The molecule has 1 aromatic carbocycles. The molecule has 0 aliphatic heterocycles. The van der Waals surface area contributed by atoms with E-state index in [1.54, 1.807) is 14.2 Å². The fraction of sp³-hybridized carbons (Fsp3) is 0.632. The molecule has 25 heavy (non-hydrogen) atoms. The summed E-state index contributed by atoms with van der Waals surface area (Å²) in [7, 11) is 3.33. The first-order valence-corrected chi connectivity index (χ1v) is 8.68. The van der Waals surface area contributed by atoms with Gasteiger partial charge in [-0.3, -0.25) is 4.99 Å². The van der Waals surface area contributed by atoms with Crippen LogP contribution in [0.3, 0.4) is 0 Å². The predicted molar refractivity (Wildman–Crippen MR) is 102 cm³/mol. The average Bonchev–Trinajstić information content (AvgIpc) is 2.58. The first-order valence-electron chi connectivity index (χ1n) is 8.68. The number of rotatable bonds is 8. The maximum absolute atomic E-state index is 10.3. The number of hydrogen-bond donors (Lipinski definition) is 3. The van der Waals surface area contributed by atoms with Crippen LogP contribution in [-0.4, -0.2) is 51.0 Å². The van der Waals surface area contributed by atoms with Crippen molar-refractivity contribution in [3.63, 3.8) is 0 Å². The van der Waals surface area contributed by atoms with Crippen molar-refractivity contribution in [3.8, 4) is 5.75 Å². The lowest BCUT2D eigenvalue weighted by molar-refractivity contribution is 0.0241. The molecule has 0 aliphatic carbocycles. The van der Waals surface area contributed by atoms with E-state index in [-0.39, 0.29) is 11.5 Å². The lowest BCUT2D eigenvalue weighted by atomic mass is 9.89. The van der Waals surface area contributed by atoms with Gasteiger partial charge in [-0.25, -0.2) is 0 Å². The second-order valence-electron chi connectivity index (χ2n) is 6.98. The van der Waals surface area contributed by atoms with Crippen LogP contribution in [0, 0.1) is 5.41 Å². The minimum atomic E-state index is -0.629. The van der Waals surface area contributed by atoms with E-state index in [4.69, 9.17) is 9.47 Å². The van der Waals surface area contributed by atoms with E-state index in [9.17, 15) is 5.11 Å². The molecule has 0 saturated carbocycles. The number of nitrogens with zero attached hydrogens (tertiary/aromatic N) is 1.